The molecule has 0 unspecified atom stereocenters. The van der Waals surface area contributed by atoms with Gasteiger partial charge in [-0.2, -0.15) is 0 Å². The number of phenolic OH excluding ortho intramolecular Hbond substituents is 1. The number of benzene rings is 2. The van der Waals surface area contributed by atoms with Gasteiger partial charge >= 0.3 is 0 Å². The normalized spacial score (nSPS) is 13.1. The number of hydrogen-bond donors (Lipinski definition) is 1. The van der Waals surface area contributed by atoms with Crippen LogP contribution in [0.15, 0.2) is 35.2 Å². The van der Waals surface area contributed by atoms with Crippen LogP contribution in [0.3, 0.4) is 0 Å². The highest BCUT2D eigenvalue weighted by Gasteiger charge is 2.24. The molecule has 0 heterocycles. The predicted octanol–water partition coefficient (Wildman–Crippen LogP) is 5.50. The van der Waals surface area contributed by atoms with Gasteiger partial charge in [0.2, 0.25) is 0 Å². The summed E-state index contributed by atoms with van der Waals surface area (Å²) in [7, 11) is -0.922. The topological polar surface area (TPSA) is 20.2 Å². The Bertz CT molecular complexity index is 612. The van der Waals surface area contributed by atoms with E-state index in [1.807, 2.05) is 0 Å². The van der Waals surface area contributed by atoms with Crippen molar-refractivity contribution in [2.24, 2.45) is 0 Å². The predicted molar refractivity (Wildman–Crippen MR) is 92.6 cm³/mol. The molecule has 1 nitrogen and oxygen atoms in total. The van der Waals surface area contributed by atoms with Crippen molar-refractivity contribution in [3.05, 3.63) is 35.9 Å². The molecule has 2 rings (SSSR count). The van der Waals surface area contributed by atoms with Crippen molar-refractivity contribution >= 4 is 20.8 Å². The second kappa shape index (κ2) is 5.69. The lowest BCUT2D eigenvalue weighted by atomic mass is 9.95. The smallest absolute Gasteiger partial charge is 0.131 e. The molecule has 2 aromatic carbocycles. The molecule has 0 aliphatic carbocycles. The van der Waals surface area contributed by atoms with Gasteiger partial charge in [0.1, 0.15) is 5.75 Å². The lowest BCUT2D eigenvalue weighted by molar-refractivity contribution is 0.453. The van der Waals surface area contributed by atoms with Gasteiger partial charge in [0, 0.05) is 10.5 Å². The maximum Gasteiger partial charge on any atom is 0.131 e. The lowest BCUT2D eigenvalue weighted by Gasteiger charge is -2.36. The Labute approximate surface area is 124 Å². The Balaban J connectivity index is 2.84. The van der Waals surface area contributed by atoms with Crippen LogP contribution >= 0.6 is 10.0 Å². The Kier molecular flexibility index (Phi) is 4.33. The minimum Gasteiger partial charge on any atom is -0.507 e. The Morgan fingerprint density at radius 1 is 1.10 bits per heavy atom. The molecule has 0 aliphatic rings. The molecule has 110 valence electrons. The summed E-state index contributed by atoms with van der Waals surface area (Å²) in [5.74, 6) is 3.11. The van der Waals surface area contributed by atoms with Crippen molar-refractivity contribution < 1.29 is 5.11 Å². The number of aromatic hydroxyl groups is 1. The average molecular weight is 290 g/mol. The molecule has 0 saturated carbocycles. The van der Waals surface area contributed by atoms with E-state index in [1.165, 1.54) is 15.7 Å². The third-order valence-electron chi connectivity index (χ3n) is 4.41. The van der Waals surface area contributed by atoms with Crippen LogP contribution in [0.1, 0.15) is 39.2 Å². The molecule has 0 atom stereocenters. The molecule has 0 fully saturated rings. The highest BCUT2D eigenvalue weighted by atomic mass is 32.3. The maximum atomic E-state index is 10.9. The first-order valence-corrected chi connectivity index (χ1v) is 9.81. The van der Waals surface area contributed by atoms with Gasteiger partial charge in [-0.25, -0.2) is 10.0 Å². The molecule has 1 N–H and O–H groups in total. The van der Waals surface area contributed by atoms with Crippen molar-refractivity contribution in [3.63, 3.8) is 0 Å². The summed E-state index contributed by atoms with van der Waals surface area (Å²) in [6.07, 6.45) is 2.33. The Morgan fingerprint density at radius 2 is 1.70 bits per heavy atom. The minimum absolute atomic E-state index is 0.331. The van der Waals surface area contributed by atoms with E-state index in [0.717, 1.165) is 17.1 Å². The van der Waals surface area contributed by atoms with Gasteiger partial charge in [0.25, 0.3) is 0 Å². The van der Waals surface area contributed by atoms with Gasteiger partial charge in [-0.1, -0.05) is 52.0 Å². The summed E-state index contributed by atoms with van der Waals surface area (Å²) in [4.78, 5) is 1.19. The van der Waals surface area contributed by atoms with Crippen LogP contribution < -0.4 is 0 Å². The largest absolute Gasteiger partial charge is 0.507 e. The van der Waals surface area contributed by atoms with Crippen LogP contribution in [0.2, 0.25) is 0 Å². The zero-order valence-corrected chi connectivity index (χ0v) is 14.1. The molecule has 0 aromatic heterocycles. The monoisotopic (exact) mass is 290 g/mol. The molecule has 2 heteroatoms. The van der Waals surface area contributed by atoms with Gasteiger partial charge in [-0.15, -0.1) is 0 Å². The van der Waals surface area contributed by atoms with Crippen molar-refractivity contribution in [1.82, 2.24) is 0 Å². The second-order valence-electron chi connectivity index (χ2n) is 5.86. The zero-order valence-electron chi connectivity index (χ0n) is 13.2. The fourth-order valence-electron chi connectivity index (χ4n) is 2.81. The first kappa shape index (κ1) is 15.2. The SMILES string of the molecule is CCS(C)(CC)c1cc2ccccc2c(C(C)C)c1O. The van der Waals surface area contributed by atoms with Gasteiger partial charge in [0.05, 0.1) is 0 Å². The van der Waals surface area contributed by atoms with E-state index in [2.05, 4.69) is 64.3 Å². The molecular weight excluding hydrogens is 264 g/mol. The van der Waals surface area contributed by atoms with Gasteiger partial charge < -0.3 is 5.11 Å². The molecule has 2 aromatic rings. The zero-order chi connectivity index (χ0) is 14.9. The summed E-state index contributed by atoms with van der Waals surface area (Å²) in [6, 6.07) is 10.6. The van der Waals surface area contributed by atoms with Crippen LogP contribution in [-0.2, 0) is 0 Å². The summed E-state index contributed by atoms with van der Waals surface area (Å²) >= 11 is 0. The molecular formula is C18H26OS. The van der Waals surface area contributed by atoms with E-state index >= 15 is 0 Å². The number of phenols is 1. The molecule has 0 radical (unpaired) electrons. The number of hydrogen-bond acceptors (Lipinski definition) is 1. The van der Waals surface area contributed by atoms with E-state index in [4.69, 9.17) is 0 Å². The van der Waals surface area contributed by atoms with E-state index in [0.29, 0.717) is 11.7 Å². The lowest BCUT2D eigenvalue weighted by Crippen LogP contribution is -2.06. The fraction of sp³-hybridized carbons (Fsp3) is 0.444. The summed E-state index contributed by atoms with van der Waals surface area (Å²) in [5.41, 5.74) is 1.11. The number of rotatable bonds is 4. The van der Waals surface area contributed by atoms with Crippen LogP contribution in [0.5, 0.6) is 5.75 Å². The van der Waals surface area contributed by atoms with Crippen molar-refractivity contribution in [3.8, 4) is 5.75 Å². The molecule has 0 bridgehead atoms. The Hall–Kier alpha value is -1.15. The fourth-order valence-corrected chi connectivity index (χ4v) is 4.83. The third-order valence-corrected chi connectivity index (χ3v) is 8.33. The summed E-state index contributed by atoms with van der Waals surface area (Å²) in [5, 5.41) is 13.3. The summed E-state index contributed by atoms with van der Waals surface area (Å²) < 4.78 is 0. The van der Waals surface area contributed by atoms with Crippen LogP contribution in [-0.4, -0.2) is 22.9 Å². The van der Waals surface area contributed by atoms with E-state index in [-0.39, 0.29) is 0 Å². The standard InChI is InChI=1S/C18H26OS/c1-6-20(5,7-2)16-12-14-10-8-9-11-15(14)17(13(3)4)18(16)19/h8-13,19H,6-7H2,1-5H3. The van der Waals surface area contributed by atoms with Crippen LogP contribution in [0.25, 0.3) is 10.8 Å². The molecule has 0 saturated heterocycles. The van der Waals surface area contributed by atoms with Crippen molar-refractivity contribution in [1.29, 1.82) is 0 Å². The molecule has 0 aliphatic heterocycles. The van der Waals surface area contributed by atoms with Gasteiger partial charge in [0.15, 0.2) is 0 Å². The third kappa shape index (κ3) is 2.42. The quantitative estimate of drug-likeness (QED) is 0.788. The van der Waals surface area contributed by atoms with Crippen molar-refractivity contribution in [2.75, 3.05) is 17.8 Å². The van der Waals surface area contributed by atoms with Gasteiger partial charge in [-0.3, -0.25) is 0 Å². The maximum absolute atomic E-state index is 10.9. The van der Waals surface area contributed by atoms with Crippen LogP contribution in [0.4, 0.5) is 0 Å². The molecule has 20 heavy (non-hydrogen) atoms. The van der Waals surface area contributed by atoms with E-state index in [9.17, 15) is 5.11 Å². The van der Waals surface area contributed by atoms with E-state index < -0.39 is 10.0 Å². The Morgan fingerprint density at radius 3 is 2.25 bits per heavy atom. The molecule has 0 amide bonds. The molecule has 0 spiro atoms. The van der Waals surface area contributed by atoms with Gasteiger partial charge in [-0.05, 0) is 40.5 Å². The minimum atomic E-state index is -0.922. The first-order valence-electron chi connectivity index (χ1n) is 7.43. The average Bonchev–Trinajstić information content (AvgIpc) is 2.45. The highest BCUT2D eigenvalue weighted by molar-refractivity contribution is 8.33. The van der Waals surface area contributed by atoms with Crippen LogP contribution in [0, 0.1) is 0 Å². The first-order chi connectivity index (χ1) is 9.44. The summed E-state index contributed by atoms with van der Waals surface area (Å²) in [6.45, 7) is 8.80. The highest BCUT2D eigenvalue weighted by Crippen LogP contribution is 2.57. The van der Waals surface area contributed by atoms with Crippen molar-refractivity contribution in [2.45, 2.75) is 38.5 Å². The number of fused-ring (bicyclic) bond motifs is 1. The second-order valence-corrected chi connectivity index (χ2v) is 10.0. The van der Waals surface area contributed by atoms with E-state index in [1.54, 1.807) is 0 Å².